The summed E-state index contributed by atoms with van der Waals surface area (Å²) in [6.07, 6.45) is 3.49. The fraction of sp³-hybridized carbons (Fsp3) is 0.550. The van der Waals surface area contributed by atoms with E-state index in [1.54, 1.807) is 0 Å². The standard InChI is InChI=1S/C20H28N4O3/c1-20(2,3)27-19(25)24-12-7-6-8-14(24)11-13-26-18-17(21)22-15-9-4-5-10-16(15)23-18/h4-5,9-10,14H,6-8,11-13H2,1-3H3,(H2,21,22). The molecule has 1 aliphatic rings. The molecular weight excluding hydrogens is 344 g/mol. The molecule has 1 unspecified atom stereocenters. The van der Waals surface area contributed by atoms with Crippen LogP contribution in [0.5, 0.6) is 5.88 Å². The molecule has 0 saturated carbocycles. The molecule has 1 atom stereocenters. The third kappa shape index (κ3) is 4.99. The van der Waals surface area contributed by atoms with Crippen LogP contribution in [-0.2, 0) is 4.74 Å². The van der Waals surface area contributed by atoms with Gasteiger partial charge in [0.25, 0.3) is 5.88 Å². The zero-order chi connectivity index (χ0) is 19.4. The molecule has 0 radical (unpaired) electrons. The Morgan fingerprint density at radius 3 is 2.63 bits per heavy atom. The lowest BCUT2D eigenvalue weighted by Gasteiger charge is -2.36. The van der Waals surface area contributed by atoms with E-state index in [1.165, 1.54) is 0 Å². The first-order valence-corrected chi connectivity index (χ1v) is 9.48. The lowest BCUT2D eigenvalue weighted by molar-refractivity contribution is 0.00739. The van der Waals surface area contributed by atoms with E-state index in [2.05, 4.69) is 9.97 Å². The zero-order valence-corrected chi connectivity index (χ0v) is 16.3. The largest absolute Gasteiger partial charge is 0.475 e. The molecule has 1 amide bonds. The maximum Gasteiger partial charge on any atom is 0.410 e. The molecule has 7 nitrogen and oxygen atoms in total. The van der Waals surface area contributed by atoms with E-state index in [0.717, 1.165) is 36.8 Å². The van der Waals surface area contributed by atoms with Crippen molar-refractivity contribution in [1.29, 1.82) is 0 Å². The zero-order valence-electron chi connectivity index (χ0n) is 16.3. The Labute approximate surface area is 159 Å². The Bertz CT molecular complexity index is 803. The van der Waals surface area contributed by atoms with Gasteiger partial charge in [-0.1, -0.05) is 12.1 Å². The summed E-state index contributed by atoms with van der Waals surface area (Å²) in [5, 5.41) is 0. The van der Waals surface area contributed by atoms with E-state index in [-0.39, 0.29) is 18.0 Å². The average molecular weight is 372 g/mol. The summed E-state index contributed by atoms with van der Waals surface area (Å²) in [6, 6.07) is 7.63. The number of carbonyl (C=O) groups is 1. The smallest absolute Gasteiger partial charge is 0.410 e. The summed E-state index contributed by atoms with van der Waals surface area (Å²) < 4.78 is 11.3. The highest BCUT2D eigenvalue weighted by molar-refractivity contribution is 5.76. The van der Waals surface area contributed by atoms with Crippen molar-refractivity contribution in [1.82, 2.24) is 14.9 Å². The number of aromatic nitrogens is 2. The molecule has 0 aliphatic carbocycles. The number of amides is 1. The molecule has 146 valence electrons. The van der Waals surface area contributed by atoms with Gasteiger partial charge in [0.05, 0.1) is 17.6 Å². The molecular formula is C20H28N4O3. The third-order valence-electron chi connectivity index (χ3n) is 4.51. The van der Waals surface area contributed by atoms with Crippen LogP contribution in [0.15, 0.2) is 24.3 Å². The van der Waals surface area contributed by atoms with Crippen LogP contribution in [0.4, 0.5) is 10.6 Å². The number of benzene rings is 1. The SMILES string of the molecule is CC(C)(C)OC(=O)N1CCCCC1CCOc1nc2ccccc2nc1N. The van der Waals surface area contributed by atoms with Crippen molar-refractivity contribution in [2.75, 3.05) is 18.9 Å². The van der Waals surface area contributed by atoms with Crippen molar-refractivity contribution < 1.29 is 14.3 Å². The van der Waals surface area contributed by atoms with Crippen LogP contribution in [0.25, 0.3) is 11.0 Å². The fourth-order valence-electron chi connectivity index (χ4n) is 3.26. The van der Waals surface area contributed by atoms with E-state index >= 15 is 0 Å². The molecule has 0 bridgehead atoms. The summed E-state index contributed by atoms with van der Waals surface area (Å²) >= 11 is 0. The Kier molecular flexibility index (Phi) is 5.68. The predicted octanol–water partition coefficient (Wildman–Crippen LogP) is 3.77. The molecule has 2 heterocycles. The number of fused-ring (bicyclic) bond motifs is 1. The van der Waals surface area contributed by atoms with Gasteiger partial charge in [0.15, 0.2) is 5.82 Å². The monoisotopic (exact) mass is 372 g/mol. The van der Waals surface area contributed by atoms with Crippen LogP contribution < -0.4 is 10.5 Å². The minimum absolute atomic E-state index is 0.100. The molecule has 1 aromatic carbocycles. The van der Waals surface area contributed by atoms with Gasteiger partial charge in [-0.05, 0) is 52.2 Å². The van der Waals surface area contributed by atoms with Gasteiger partial charge in [0, 0.05) is 19.0 Å². The average Bonchev–Trinajstić information content (AvgIpc) is 2.61. The van der Waals surface area contributed by atoms with Gasteiger partial charge >= 0.3 is 6.09 Å². The minimum atomic E-state index is -0.495. The van der Waals surface area contributed by atoms with Gasteiger partial charge in [-0.15, -0.1) is 0 Å². The van der Waals surface area contributed by atoms with Crippen LogP contribution in [0.2, 0.25) is 0 Å². The lowest BCUT2D eigenvalue weighted by Crippen LogP contribution is -2.46. The molecule has 1 saturated heterocycles. The Morgan fingerprint density at radius 2 is 1.93 bits per heavy atom. The molecule has 0 spiro atoms. The highest BCUT2D eigenvalue weighted by atomic mass is 16.6. The molecule has 7 heteroatoms. The Hall–Kier alpha value is -2.57. The number of rotatable bonds is 4. The Morgan fingerprint density at radius 1 is 1.22 bits per heavy atom. The summed E-state index contributed by atoms with van der Waals surface area (Å²) in [6.45, 7) is 6.79. The van der Waals surface area contributed by atoms with Crippen LogP contribution >= 0.6 is 0 Å². The van der Waals surface area contributed by atoms with Crippen molar-refractivity contribution in [3.05, 3.63) is 24.3 Å². The van der Waals surface area contributed by atoms with Crippen LogP contribution in [0.1, 0.15) is 46.5 Å². The quantitative estimate of drug-likeness (QED) is 0.878. The highest BCUT2D eigenvalue weighted by Gasteiger charge is 2.30. The first kappa shape index (κ1) is 19.2. The van der Waals surface area contributed by atoms with Gasteiger partial charge in [-0.2, -0.15) is 0 Å². The number of nitrogens with zero attached hydrogens (tertiary/aromatic N) is 3. The van der Waals surface area contributed by atoms with Gasteiger partial charge in [-0.25, -0.2) is 14.8 Å². The summed E-state index contributed by atoms with van der Waals surface area (Å²) in [4.78, 5) is 23.1. The lowest BCUT2D eigenvalue weighted by atomic mass is 10.0. The number of piperidine rings is 1. The number of carbonyl (C=O) groups excluding carboxylic acids is 1. The molecule has 3 rings (SSSR count). The minimum Gasteiger partial charge on any atom is -0.475 e. The second kappa shape index (κ2) is 7.98. The number of likely N-dealkylation sites (tertiary alicyclic amines) is 1. The predicted molar refractivity (Wildman–Crippen MR) is 105 cm³/mol. The highest BCUT2D eigenvalue weighted by Crippen LogP contribution is 2.24. The summed E-state index contributed by atoms with van der Waals surface area (Å²) in [7, 11) is 0. The third-order valence-corrected chi connectivity index (χ3v) is 4.51. The van der Waals surface area contributed by atoms with E-state index in [1.807, 2.05) is 49.9 Å². The van der Waals surface area contributed by atoms with Crippen LogP contribution in [-0.4, -0.2) is 45.8 Å². The Balaban J connectivity index is 1.61. The number of para-hydroxylation sites is 2. The molecule has 2 N–H and O–H groups in total. The van der Waals surface area contributed by atoms with E-state index in [0.29, 0.717) is 18.9 Å². The maximum absolute atomic E-state index is 12.5. The normalized spacial score (nSPS) is 17.7. The second-order valence-corrected chi connectivity index (χ2v) is 7.86. The number of ether oxygens (including phenoxy) is 2. The molecule has 2 aromatic rings. The van der Waals surface area contributed by atoms with Crippen LogP contribution in [0, 0.1) is 0 Å². The van der Waals surface area contributed by atoms with E-state index in [4.69, 9.17) is 15.2 Å². The van der Waals surface area contributed by atoms with E-state index < -0.39 is 5.60 Å². The van der Waals surface area contributed by atoms with Gasteiger partial charge in [0.1, 0.15) is 5.60 Å². The molecule has 1 aromatic heterocycles. The van der Waals surface area contributed by atoms with Crippen molar-refractivity contribution in [3.8, 4) is 5.88 Å². The topological polar surface area (TPSA) is 90.6 Å². The van der Waals surface area contributed by atoms with Crippen molar-refractivity contribution in [3.63, 3.8) is 0 Å². The van der Waals surface area contributed by atoms with E-state index in [9.17, 15) is 4.79 Å². The first-order valence-electron chi connectivity index (χ1n) is 9.48. The van der Waals surface area contributed by atoms with Crippen molar-refractivity contribution in [2.24, 2.45) is 0 Å². The number of hydrogen-bond acceptors (Lipinski definition) is 6. The van der Waals surface area contributed by atoms with Gasteiger partial charge < -0.3 is 20.1 Å². The van der Waals surface area contributed by atoms with Crippen LogP contribution in [0.3, 0.4) is 0 Å². The summed E-state index contributed by atoms with van der Waals surface area (Å²) in [5.74, 6) is 0.620. The van der Waals surface area contributed by atoms with Gasteiger partial charge in [-0.3, -0.25) is 0 Å². The van der Waals surface area contributed by atoms with Gasteiger partial charge in [0.2, 0.25) is 0 Å². The summed E-state index contributed by atoms with van der Waals surface area (Å²) in [5.41, 5.74) is 6.96. The van der Waals surface area contributed by atoms with Crippen molar-refractivity contribution >= 4 is 22.9 Å². The number of anilines is 1. The number of nitrogen functional groups attached to an aromatic ring is 1. The fourth-order valence-corrected chi connectivity index (χ4v) is 3.26. The number of hydrogen-bond donors (Lipinski definition) is 1. The molecule has 1 aliphatic heterocycles. The molecule has 27 heavy (non-hydrogen) atoms. The second-order valence-electron chi connectivity index (χ2n) is 7.86. The molecule has 1 fully saturated rings. The number of nitrogens with two attached hydrogens (primary N) is 1. The maximum atomic E-state index is 12.5. The first-order chi connectivity index (χ1) is 12.8. The van der Waals surface area contributed by atoms with Crippen molar-refractivity contribution in [2.45, 2.75) is 58.1 Å².